The number of halogens is 1. The fourth-order valence-corrected chi connectivity index (χ4v) is 6.19. The summed E-state index contributed by atoms with van der Waals surface area (Å²) in [6.07, 6.45) is 4.40. The van der Waals surface area contributed by atoms with Crippen LogP contribution in [0.1, 0.15) is 41.7 Å². The molecule has 7 nitrogen and oxygen atoms in total. The third-order valence-corrected chi connectivity index (χ3v) is 8.84. The number of aromatic nitrogens is 1. The number of carbonyl (C=O) groups is 1. The van der Waals surface area contributed by atoms with E-state index in [-0.39, 0.29) is 11.6 Å². The summed E-state index contributed by atoms with van der Waals surface area (Å²) in [5, 5.41) is 11.5. The Balaban J connectivity index is 0.000000652. The molecule has 232 valence electrons. The van der Waals surface area contributed by atoms with Crippen molar-refractivity contribution in [3.05, 3.63) is 113 Å². The number of ether oxygens (including phenoxy) is 2. The Morgan fingerprint density at radius 2 is 1.64 bits per heavy atom. The van der Waals surface area contributed by atoms with Gasteiger partial charge >= 0.3 is 5.97 Å². The first-order chi connectivity index (χ1) is 22.0. The van der Waals surface area contributed by atoms with Gasteiger partial charge in [0.2, 0.25) is 0 Å². The molecule has 0 saturated carbocycles. The van der Waals surface area contributed by atoms with Crippen molar-refractivity contribution >= 4 is 34.2 Å². The van der Waals surface area contributed by atoms with Gasteiger partial charge in [-0.3, -0.25) is 4.90 Å². The average molecular weight is 624 g/mol. The fourth-order valence-electron chi connectivity index (χ4n) is 6.06. The lowest BCUT2D eigenvalue weighted by Gasteiger charge is -2.40. The number of hydrogen-bond acceptors (Lipinski definition) is 5. The van der Waals surface area contributed by atoms with E-state index in [1.54, 1.807) is 6.07 Å². The first-order valence-corrected chi connectivity index (χ1v) is 15.9. The van der Waals surface area contributed by atoms with E-state index in [4.69, 9.17) is 21.1 Å². The molecule has 2 N–H and O–H groups in total. The van der Waals surface area contributed by atoms with Gasteiger partial charge in [-0.25, -0.2) is 4.79 Å². The van der Waals surface area contributed by atoms with Gasteiger partial charge in [0.15, 0.2) is 0 Å². The number of nitrogens with one attached hydrogen (secondary N) is 1. The Hall–Kier alpha value is -4.30. The molecular formula is C37H38ClN3O4. The van der Waals surface area contributed by atoms with Crippen molar-refractivity contribution in [2.24, 2.45) is 0 Å². The third-order valence-electron chi connectivity index (χ3n) is 8.59. The van der Waals surface area contributed by atoms with Gasteiger partial charge in [-0.1, -0.05) is 54.1 Å². The number of aromatic carboxylic acids is 1. The number of carboxylic acid groups (broad SMARTS) is 1. The number of benzene rings is 4. The molecule has 7 rings (SSSR count). The highest BCUT2D eigenvalue weighted by atomic mass is 35.5. The van der Waals surface area contributed by atoms with Crippen LogP contribution in [0.3, 0.4) is 0 Å². The summed E-state index contributed by atoms with van der Waals surface area (Å²) in [5.41, 5.74) is 5.70. The monoisotopic (exact) mass is 623 g/mol. The number of rotatable bonds is 7. The van der Waals surface area contributed by atoms with Gasteiger partial charge in [0, 0.05) is 79.3 Å². The molecule has 1 aromatic heterocycles. The summed E-state index contributed by atoms with van der Waals surface area (Å²) in [5.74, 6) is -0.0522. The number of aromatic amines is 1. The van der Waals surface area contributed by atoms with Crippen molar-refractivity contribution in [1.82, 2.24) is 9.88 Å². The molecule has 0 aliphatic carbocycles. The summed E-state index contributed by atoms with van der Waals surface area (Å²) in [6.45, 7) is 7.68. The van der Waals surface area contributed by atoms with Gasteiger partial charge in [0.05, 0.1) is 0 Å². The fraction of sp³-hybridized carbons (Fsp3) is 0.270. The maximum absolute atomic E-state index is 12.0. The quantitative estimate of drug-likeness (QED) is 0.189. The van der Waals surface area contributed by atoms with Gasteiger partial charge in [-0.15, -0.1) is 0 Å². The number of fused-ring (bicyclic) bond motifs is 1. The molecule has 0 radical (unpaired) electrons. The van der Waals surface area contributed by atoms with Crippen molar-refractivity contribution in [3.63, 3.8) is 0 Å². The smallest absolute Gasteiger partial charge is 0.339 e. The van der Waals surface area contributed by atoms with Crippen LogP contribution in [0, 0.1) is 0 Å². The molecule has 4 aromatic carbocycles. The SMILES string of the molecule is C1CCOC1.CC(c1ccccc1-c1ccc(Cl)cc1)N1CCN(c2ccc(C(=O)O)c(Oc3cccc4[nH]ccc34)c2)CC1. The minimum atomic E-state index is -1.01. The molecule has 0 bridgehead atoms. The number of H-pyrrole nitrogens is 1. The zero-order valence-electron chi connectivity index (χ0n) is 25.4. The highest BCUT2D eigenvalue weighted by Crippen LogP contribution is 2.36. The van der Waals surface area contributed by atoms with Gasteiger partial charge in [0.25, 0.3) is 0 Å². The van der Waals surface area contributed by atoms with Gasteiger partial charge < -0.3 is 24.5 Å². The van der Waals surface area contributed by atoms with Crippen LogP contribution in [0.25, 0.3) is 22.0 Å². The van der Waals surface area contributed by atoms with E-state index in [0.29, 0.717) is 11.5 Å². The molecule has 8 heteroatoms. The van der Waals surface area contributed by atoms with E-state index in [0.717, 1.165) is 66.6 Å². The predicted molar refractivity (Wildman–Crippen MR) is 181 cm³/mol. The molecule has 2 aliphatic heterocycles. The lowest BCUT2D eigenvalue weighted by atomic mass is 9.94. The Kier molecular flexibility index (Phi) is 9.69. The molecule has 0 spiro atoms. The summed E-state index contributed by atoms with van der Waals surface area (Å²) < 4.78 is 11.2. The molecule has 1 unspecified atom stereocenters. The molecule has 5 aromatic rings. The van der Waals surface area contributed by atoms with Crippen molar-refractivity contribution in [3.8, 4) is 22.6 Å². The first-order valence-electron chi connectivity index (χ1n) is 15.5. The van der Waals surface area contributed by atoms with Crippen LogP contribution in [0.15, 0.2) is 97.2 Å². The summed E-state index contributed by atoms with van der Waals surface area (Å²) in [6, 6.07) is 29.8. The third kappa shape index (κ3) is 7.17. The van der Waals surface area contributed by atoms with Crippen LogP contribution in [0.4, 0.5) is 5.69 Å². The molecule has 45 heavy (non-hydrogen) atoms. The average Bonchev–Trinajstić information content (AvgIpc) is 3.81. The first kappa shape index (κ1) is 30.7. The van der Waals surface area contributed by atoms with Crippen molar-refractivity contribution in [2.75, 3.05) is 44.3 Å². The zero-order valence-corrected chi connectivity index (χ0v) is 26.2. The van der Waals surface area contributed by atoms with E-state index in [9.17, 15) is 9.90 Å². The van der Waals surface area contributed by atoms with Crippen LogP contribution < -0.4 is 9.64 Å². The van der Waals surface area contributed by atoms with Gasteiger partial charge in [-0.2, -0.15) is 0 Å². The topological polar surface area (TPSA) is 78.0 Å². The van der Waals surface area contributed by atoms with Crippen molar-refractivity contribution in [2.45, 2.75) is 25.8 Å². The molecule has 2 aliphatic rings. The standard InChI is InChI=1S/C33H30ClN3O3.C4H8O/c1-22(26-5-2-3-6-27(26)23-9-11-24(34)12-10-23)36-17-19-37(20-18-36)25-13-14-29(33(38)39)32(21-25)40-31-8-4-7-30-28(31)15-16-35-30;1-2-4-5-3-1/h2-16,21-22,35H,17-20H2,1H3,(H,38,39);1-4H2. The lowest BCUT2D eigenvalue weighted by Crippen LogP contribution is -2.47. The van der Waals surface area contributed by atoms with Gasteiger partial charge in [-0.05, 0) is 78.9 Å². The number of carboxylic acids is 1. The highest BCUT2D eigenvalue weighted by molar-refractivity contribution is 6.30. The number of anilines is 1. The van der Waals surface area contributed by atoms with Crippen LogP contribution in [-0.2, 0) is 4.74 Å². The number of piperazine rings is 1. The van der Waals surface area contributed by atoms with E-state index >= 15 is 0 Å². The van der Waals surface area contributed by atoms with Crippen molar-refractivity contribution in [1.29, 1.82) is 0 Å². The van der Waals surface area contributed by atoms with Crippen molar-refractivity contribution < 1.29 is 19.4 Å². The predicted octanol–water partition coefficient (Wildman–Crippen LogP) is 8.66. The van der Waals surface area contributed by atoms with E-state index in [1.165, 1.54) is 24.0 Å². The largest absolute Gasteiger partial charge is 0.478 e. The summed E-state index contributed by atoms with van der Waals surface area (Å²) in [7, 11) is 0. The van der Waals surface area contributed by atoms with Crippen LogP contribution in [-0.4, -0.2) is 60.4 Å². The summed E-state index contributed by atoms with van der Waals surface area (Å²) in [4.78, 5) is 20.0. The Morgan fingerprint density at radius 3 is 2.36 bits per heavy atom. The molecule has 1 atom stereocenters. The Morgan fingerprint density at radius 1 is 0.889 bits per heavy atom. The summed E-state index contributed by atoms with van der Waals surface area (Å²) >= 11 is 6.13. The molecule has 0 amide bonds. The Labute approximate surface area is 269 Å². The molecule has 3 heterocycles. The molecular weight excluding hydrogens is 586 g/mol. The van der Waals surface area contributed by atoms with E-state index in [2.05, 4.69) is 58.1 Å². The normalized spacial score (nSPS) is 15.8. The second-order valence-corrected chi connectivity index (χ2v) is 11.8. The van der Waals surface area contributed by atoms with Crippen LogP contribution >= 0.6 is 11.6 Å². The van der Waals surface area contributed by atoms with Crippen LogP contribution in [0.5, 0.6) is 11.5 Å². The number of hydrogen-bond donors (Lipinski definition) is 2. The van der Waals surface area contributed by atoms with E-state index < -0.39 is 5.97 Å². The lowest BCUT2D eigenvalue weighted by molar-refractivity contribution is 0.0694. The number of nitrogens with zero attached hydrogens (tertiary/aromatic N) is 2. The van der Waals surface area contributed by atoms with E-state index in [1.807, 2.05) is 54.7 Å². The maximum atomic E-state index is 12.0. The minimum Gasteiger partial charge on any atom is -0.478 e. The van der Waals surface area contributed by atoms with Crippen LogP contribution in [0.2, 0.25) is 5.02 Å². The Bertz CT molecular complexity index is 1730. The maximum Gasteiger partial charge on any atom is 0.339 e. The molecule has 2 fully saturated rings. The highest BCUT2D eigenvalue weighted by Gasteiger charge is 2.25. The second kappa shape index (κ2) is 14.2. The molecule has 2 saturated heterocycles. The van der Waals surface area contributed by atoms with Gasteiger partial charge in [0.1, 0.15) is 17.1 Å². The second-order valence-electron chi connectivity index (χ2n) is 11.4. The zero-order chi connectivity index (χ0) is 31.2. The minimum absolute atomic E-state index is 0.141.